The summed E-state index contributed by atoms with van der Waals surface area (Å²) in [7, 11) is 1.39. The number of methoxy groups -OCH3 is 1. The van der Waals surface area contributed by atoms with Gasteiger partial charge in [0.15, 0.2) is 5.82 Å². The van der Waals surface area contributed by atoms with Gasteiger partial charge >= 0.3 is 6.09 Å². The summed E-state index contributed by atoms with van der Waals surface area (Å²) >= 11 is 0. The summed E-state index contributed by atoms with van der Waals surface area (Å²) in [4.78, 5) is 19.9. The highest BCUT2D eigenvalue weighted by atomic mass is 19.1. The minimum Gasteiger partial charge on any atom is -0.453 e. The monoisotopic (exact) mass is 348 g/mol. The van der Waals surface area contributed by atoms with Gasteiger partial charge in [-0.3, -0.25) is 4.90 Å². The first-order chi connectivity index (χ1) is 12.1. The lowest BCUT2D eigenvalue weighted by molar-refractivity contribution is 0.0708. The van der Waals surface area contributed by atoms with Gasteiger partial charge in [0, 0.05) is 32.6 Å². The zero-order valence-corrected chi connectivity index (χ0v) is 14.3. The summed E-state index contributed by atoms with van der Waals surface area (Å²) in [5.41, 5.74) is 0.924. The average molecular weight is 348 g/mol. The highest BCUT2D eigenvalue weighted by Crippen LogP contribution is 2.21. The van der Waals surface area contributed by atoms with E-state index in [2.05, 4.69) is 15.0 Å². The average Bonchev–Trinajstić information content (AvgIpc) is 3.11. The molecule has 1 fully saturated rings. The van der Waals surface area contributed by atoms with Crippen LogP contribution >= 0.6 is 0 Å². The molecule has 0 radical (unpaired) electrons. The zero-order chi connectivity index (χ0) is 17.8. The lowest BCUT2D eigenvalue weighted by Crippen LogP contribution is -2.49. The maximum absolute atomic E-state index is 13.0. The summed E-state index contributed by atoms with van der Waals surface area (Å²) in [6.45, 7) is 4.64. The van der Waals surface area contributed by atoms with Crippen LogP contribution in [0.2, 0.25) is 0 Å². The second kappa shape index (κ2) is 7.60. The van der Waals surface area contributed by atoms with E-state index < -0.39 is 0 Å². The van der Waals surface area contributed by atoms with Crippen molar-refractivity contribution >= 4 is 6.09 Å². The lowest BCUT2D eigenvalue weighted by Gasteiger charge is -2.35. The summed E-state index contributed by atoms with van der Waals surface area (Å²) in [5.74, 6) is 0.850. The van der Waals surface area contributed by atoms with Gasteiger partial charge in [0.1, 0.15) is 5.82 Å². The molecule has 2 heterocycles. The van der Waals surface area contributed by atoms with Crippen LogP contribution in [-0.2, 0) is 11.2 Å². The van der Waals surface area contributed by atoms with Gasteiger partial charge in [-0.1, -0.05) is 17.3 Å². The third kappa shape index (κ3) is 4.14. The van der Waals surface area contributed by atoms with E-state index in [0.29, 0.717) is 44.3 Å². The number of piperazine rings is 1. The van der Waals surface area contributed by atoms with Crippen molar-refractivity contribution < 1.29 is 18.4 Å². The van der Waals surface area contributed by atoms with Gasteiger partial charge in [-0.2, -0.15) is 4.98 Å². The number of aromatic nitrogens is 2. The molecule has 3 rings (SSSR count). The van der Waals surface area contributed by atoms with Crippen LogP contribution in [0.3, 0.4) is 0 Å². The Bertz CT molecular complexity index is 711. The maximum Gasteiger partial charge on any atom is 0.409 e. The number of nitrogens with zero attached hydrogens (tertiary/aromatic N) is 4. The van der Waals surface area contributed by atoms with Crippen LogP contribution < -0.4 is 0 Å². The molecule has 134 valence electrons. The van der Waals surface area contributed by atoms with Crippen molar-refractivity contribution in [2.75, 3.05) is 33.3 Å². The Morgan fingerprint density at radius 2 is 1.96 bits per heavy atom. The molecule has 0 saturated carbocycles. The molecule has 8 heteroatoms. The molecule has 0 spiro atoms. The molecular formula is C17H21FN4O3. The molecule has 1 saturated heterocycles. The van der Waals surface area contributed by atoms with Crippen LogP contribution in [-0.4, -0.2) is 59.3 Å². The number of amides is 1. The number of hydrogen-bond donors (Lipinski definition) is 0. The van der Waals surface area contributed by atoms with Crippen molar-refractivity contribution in [2.24, 2.45) is 0 Å². The zero-order valence-electron chi connectivity index (χ0n) is 14.3. The van der Waals surface area contributed by atoms with Gasteiger partial charge < -0.3 is 14.2 Å². The molecule has 0 aliphatic carbocycles. The number of halogens is 1. The quantitative estimate of drug-likeness (QED) is 0.844. The third-order valence-electron chi connectivity index (χ3n) is 4.41. The Kier molecular flexibility index (Phi) is 5.28. The fourth-order valence-corrected chi connectivity index (χ4v) is 2.87. The predicted octanol–water partition coefficient (Wildman–Crippen LogP) is 2.24. The number of hydrogen-bond acceptors (Lipinski definition) is 6. The molecule has 1 aliphatic heterocycles. The molecule has 1 aromatic heterocycles. The molecule has 1 atom stereocenters. The Labute approximate surface area is 145 Å². The van der Waals surface area contributed by atoms with Gasteiger partial charge in [0.05, 0.1) is 13.2 Å². The van der Waals surface area contributed by atoms with E-state index in [9.17, 15) is 9.18 Å². The van der Waals surface area contributed by atoms with Crippen LogP contribution in [0.15, 0.2) is 28.8 Å². The number of ether oxygens (including phenoxy) is 1. The van der Waals surface area contributed by atoms with Crippen molar-refractivity contribution in [3.63, 3.8) is 0 Å². The highest BCUT2D eigenvalue weighted by molar-refractivity contribution is 5.67. The highest BCUT2D eigenvalue weighted by Gasteiger charge is 2.27. The van der Waals surface area contributed by atoms with Crippen molar-refractivity contribution in [2.45, 2.75) is 19.4 Å². The van der Waals surface area contributed by atoms with Gasteiger partial charge in [-0.15, -0.1) is 0 Å². The summed E-state index contributed by atoms with van der Waals surface area (Å²) in [5, 5.41) is 4.02. The van der Waals surface area contributed by atoms with E-state index in [1.807, 2.05) is 6.92 Å². The fourth-order valence-electron chi connectivity index (χ4n) is 2.87. The van der Waals surface area contributed by atoms with Gasteiger partial charge in [-0.05, 0) is 24.6 Å². The van der Waals surface area contributed by atoms with Crippen molar-refractivity contribution in [1.82, 2.24) is 19.9 Å². The van der Waals surface area contributed by atoms with E-state index in [1.54, 1.807) is 17.0 Å². The number of benzene rings is 1. The smallest absolute Gasteiger partial charge is 0.409 e. The molecule has 25 heavy (non-hydrogen) atoms. The molecular weight excluding hydrogens is 327 g/mol. The van der Waals surface area contributed by atoms with Gasteiger partial charge in [0.2, 0.25) is 5.89 Å². The first kappa shape index (κ1) is 17.3. The molecule has 7 nitrogen and oxygen atoms in total. The molecule has 2 aromatic rings. The van der Waals surface area contributed by atoms with E-state index in [1.165, 1.54) is 19.2 Å². The number of carbonyl (C=O) groups is 1. The van der Waals surface area contributed by atoms with E-state index in [0.717, 1.165) is 5.56 Å². The Balaban J connectivity index is 1.58. The first-order valence-corrected chi connectivity index (χ1v) is 8.20. The topological polar surface area (TPSA) is 71.7 Å². The molecule has 1 aliphatic rings. The van der Waals surface area contributed by atoms with Crippen LogP contribution in [0.5, 0.6) is 0 Å². The maximum atomic E-state index is 13.0. The predicted molar refractivity (Wildman–Crippen MR) is 87.5 cm³/mol. The van der Waals surface area contributed by atoms with Crippen LogP contribution in [0, 0.1) is 5.82 Å². The third-order valence-corrected chi connectivity index (χ3v) is 4.41. The normalized spacial score (nSPS) is 16.7. The van der Waals surface area contributed by atoms with Crippen LogP contribution in [0.1, 0.15) is 30.2 Å². The molecule has 0 N–H and O–H groups in total. The summed E-state index contributed by atoms with van der Waals surface area (Å²) in [6, 6.07) is 6.22. The Hall–Kier alpha value is -2.48. The lowest BCUT2D eigenvalue weighted by atomic mass is 10.1. The second-order valence-electron chi connectivity index (χ2n) is 6.02. The van der Waals surface area contributed by atoms with E-state index >= 15 is 0 Å². The minimum absolute atomic E-state index is 0.0331. The van der Waals surface area contributed by atoms with Gasteiger partial charge in [-0.25, -0.2) is 9.18 Å². The second-order valence-corrected chi connectivity index (χ2v) is 6.02. The molecule has 1 amide bonds. The summed E-state index contributed by atoms with van der Waals surface area (Å²) in [6.07, 6.45) is 0.193. The van der Waals surface area contributed by atoms with E-state index in [4.69, 9.17) is 9.26 Å². The molecule has 0 bridgehead atoms. The summed E-state index contributed by atoms with van der Waals surface area (Å²) < 4.78 is 23.1. The Morgan fingerprint density at radius 1 is 1.28 bits per heavy atom. The van der Waals surface area contributed by atoms with Crippen LogP contribution in [0.25, 0.3) is 0 Å². The van der Waals surface area contributed by atoms with Gasteiger partial charge in [0.25, 0.3) is 0 Å². The number of rotatable bonds is 4. The van der Waals surface area contributed by atoms with Crippen molar-refractivity contribution in [3.8, 4) is 0 Å². The SMILES string of the molecule is COC(=O)N1CCN(C(C)c2nc(Cc3ccc(F)cc3)no2)CC1. The van der Waals surface area contributed by atoms with Crippen molar-refractivity contribution in [1.29, 1.82) is 0 Å². The van der Waals surface area contributed by atoms with Crippen LogP contribution in [0.4, 0.5) is 9.18 Å². The first-order valence-electron chi connectivity index (χ1n) is 8.20. The van der Waals surface area contributed by atoms with Crippen molar-refractivity contribution in [3.05, 3.63) is 47.4 Å². The standard InChI is InChI=1S/C17H21FN4O3/c1-12(21-7-9-22(10-8-21)17(23)24-2)16-19-15(20-25-16)11-13-3-5-14(18)6-4-13/h3-6,12H,7-11H2,1-2H3. The largest absolute Gasteiger partial charge is 0.453 e. The fraction of sp³-hybridized carbons (Fsp3) is 0.471. The number of carbonyl (C=O) groups excluding carboxylic acids is 1. The van der Waals surface area contributed by atoms with E-state index in [-0.39, 0.29) is 18.0 Å². The molecule has 1 aromatic carbocycles. The Morgan fingerprint density at radius 3 is 2.60 bits per heavy atom. The molecule has 1 unspecified atom stereocenters. The minimum atomic E-state index is -0.299.